The van der Waals surface area contributed by atoms with Crippen molar-refractivity contribution in [3.8, 4) is 11.3 Å². The molecule has 5 heterocycles. The highest BCUT2D eigenvalue weighted by Crippen LogP contribution is 2.28. The summed E-state index contributed by atoms with van der Waals surface area (Å²) in [5.74, 6) is -2.26. The number of carbonyl (C=O) groups excluding carboxylic acids is 1. The number of carbonyl (C=O) groups is 1. The van der Waals surface area contributed by atoms with E-state index in [-0.39, 0.29) is 36.9 Å². The van der Waals surface area contributed by atoms with Crippen molar-refractivity contribution in [3.05, 3.63) is 77.6 Å². The number of hydrogen-bond acceptors (Lipinski definition) is 8. The van der Waals surface area contributed by atoms with Crippen molar-refractivity contribution in [1.82, 2.24) is 38.7 Å². The van der Waals surface area contributed by atoms with Crippen molar-refractivity contribution in [2.45, 2.75) is 39.3 Å². The molecule has 10 nitrogen and oxygen atoms in total. The lowest BCUT2D eigenvalue weighted by Gasteiger charge is -2.25. The normalized spacial score (nSPS) is 13.4. The Morgan fingerprint density at radius 3 is 2.72 bits per heavy atom. The number of halogens is 4. The number of piperidine rings is 1. The maximum absolute atomic E-state index is 13.9. The van der Waals surface area contributed by atoms with Gasteiger partial charge in [0.25, 0.3) is 5.91 Å². The first-order chi connectivity index (χ1) is 19.9. The van der Waals surface area contributed by atoms with E-state index in [1.165, 1.54) is 42.9 Å². The molecule has 0 bridgehead atoms. The predicted octanol–water partition coefficient (Wildman–Crippen LogP) is 5.64. The van der Waals surface area contributed by atoms with E-state index < -0.39 is 17.5 Å². The summed E-state index contributed by atoms with van der Waals surface area (Å²) in [6, 6.07) is 5.59. The van der Waals surface area contributed by atoms with E-state index in [0.717, 1.165) is 53.3 Å². The van der Waals surface area contributed by atoms with Gasteiger partial charge in [0.2, 0.25) is 0 Å². The molecule has 0 radical (unpaired) electrons. The van der Waals surface area contributed by atoms with E-state index in [0.29, 0.717) is 18.0 Å². The molecule has 0 atom stereocenters. The summed E-state index contributed by atoms with van der Waals surface area (Å²) < 4.78 is 35.6. The highest BCUT2D eigenvalue weighted by molar-refractivity contribution is 7.10. The van der Waals surface area contributed by atoms with Crippen LogP contribution in [0.1, 0.15) is 41.0 Å². The second-order valence-corrected chi connectivity index (χ2v) is 10.9. The van der Waals surface area contributed by atoms with E-state index in [1.54, 1.807) is 17.1 Å². The molecule has 15 heteroatoms. The minimum Gasteiger partial charge on any atom is -0.350 e. The van der Waals surface area contributed by atoms with Gasteiger partial charge in [-0.3, -0.25) is 18.8 Å². The molecule has 0 aliphatic carbocycles. The standard InChI is InChI=1S/C28H29F2N9OS.2ClH/c1-18-15-39-23(19-13-33-38(16-19)11-8-31-28(40)21-6-5-7-22(29)25(21)30)14-32-27(39)26(34-18)35-24-12-20(36-41-24)17-37-9-3-2-4-10-37;;/h5-7,12-16H,2-4,8-11,17H2,1H3,(H,31,40)(H,34,35);2*1H. The van der Waals surface area contributed by atoms with Crippen LogP contribution in [0.5, 0.6) is 0 Å². The van der Waals surface area contributed by atoms with E-state index >= 15 is 0 Å². The van der Waals surface area contributed by atoms with Crippen LogP contribution in [-0.2, 0) is 13.1 Å². The molecule has 2 N–H and O–H groups in total. The van der Waals surface area contributed by atoms with Crippen LogP contribution in [0.15, 0.2) is 49.1 Å². The van der Waals surface area contributed by atoms with Crippen LogP contribution in [0.3, 0.4) is 0 Å². The van der Waals surface area contributed by atoms with E-state index in [9.17, 15) is 13.6 Å². The Kier molecular flexibility index (Phi) is 10.7. The Labute approximate surface area is 263 Å². The monoisotopic (exact) mass is 649 g/mol. The zero-order chi connectivity index (χ0) is 28.3. The summed E-state index contributed by atoms with van der Waals surface area (Å²) in [5.41, 5.74) is 3.88. The fraction of sp³-hybridized carbons (Fsp3) is 0.321. The van der Waals surface area contributed by atoms with Crippen LogP contribution in [0.2, 0.25) is 0 Å². The van der Waals surface area contributed by atoms with Crippen molar-refractivity contribution in [2.24, 2.45) is 0 Å². The highest BCUT2D eigenvalue weighted by Gasteiger charge is 2.17. The SMILES string of the molecule is Cc1cn2c(-c3cnn(CCNC(=O)c4cccc(F)c4F)c3)cnc2c(Nc2cc(CN3CCCCC3)ns2)n1.Cl.Cl. The van der Waals surface area contributed by atoms with Crippen LogP contribution in [0, 0.1) is 18.6 Å². The lowest BCUT2D eigenvalue weighted by Crippen LogP contribution is -2.29. The Morgan fingerprint density at radius 1 is 1.09 bits per heavy atom. The Hall–Kier alpha value is -3.65. The Balaban J connectivity index is 0.00000212. The van der Waals surface area contributed by atoms with Crippen molar-refractivity contribution in [1.29, 1.82) is 0 Å². The van der Waals surface area contributed by atoms with Crippen LogP contribution in [0.25, 0.3) is 16.9 Å². The molecule has 0 saturated carbocycles. The van der Waals surface area contributed by atoms with Crippen molar-refractivity contribution in [2.75, 3.05) is 25.0 Å². The average Bonchev–Trinajstić information content (AvgIpc) is 3.71. The molecule has 1 aromatic carbocycles. The average molecular weight is 651 g/mol. The third kappa shape index (κ3) is 7.29. The fourth-order valence-corrected chi connectivity index (χ4v) is 5.65. The topological polar surface area (TPSA) is 105 Å². The smallest absolute Gasteiger partial charge is 0.254 e. The molecule has 1 fully saturated rings. The number of likely N-dealkylation sites (tertiary alicyclic amines) is 1. The molecule has 43 heavy (non-hydrogen) atoms. The van der Waals surface area contributed by atoms with Crippen molar-refractivity contribution < 1.29 is 13.6 Å². The quantitative estimate of drug-likeness (QED) is 0.213. The molecule has 1 aliphatic heterocycles. The largest absolute Gasteiger partial charge is 0.350 e. The third-order valence-electron chi connectivity index (χ3n) is 7.00. The predicted molar refractivity (Wildman–Crippen MR) is 167 cm³/mol. The van der Waals surface area contributed by atoms with Crippen LogP contribution in [0.4, 0.5) is 19.6 Å². The highest BCUT2D eigenvalue weighted by atomic mass is 35.5. The Bertz CT molecular complexity index is 1700. The summed E-state index contributed by atoms with van der Waals surface area (Å²) >= 11 is 1.42. The van der Waals surface area contributed by atoms with Gasteiger partial charge >= 0.3 is 0 Å². The molecule has 6 rings (SSSR count). The lowest BCUT2D eigenvalue weighted by molar-refractivity contribution is 0.0947. The van der Waals surface area contributed by atoms with Crippen LogP contribution < -0.4 is 10.6 Å². The third-order valence-corrected chi connectivity index (χ3v) is 7.74. The first-order valence-corrected chi connectivity index (χ1v) is 14.3. The van der Waals surface area contributed by atoms with Gasteiger partial charge in [0, 0.05) is 31.0 Å². The van der Waals surface area contributed by atoms with Gasteiger partial charge in [0.05, 0.1) is 41.6 Å². The van der Waals surface area contributed by atoms with Gasteiger partial charge in [-0.15, -0.1) is 24.8 Å². The molecule has 4 aromatic heterocycles. The van der Waals surface area contributed by atoms with E-state index in [1.807, 2.05) is 23.7 Å². The van der Waals surface area contributed by atoms with Gasteiger partial charge in [-0.2, -0.15) is 9.47 Å². The van der Waals surface area contributed by atoms with Gasteiger partial charge < -0.3 is 10.6 Å². The second-order valence-electron chi connectivity index (χ2n) is 10.1. The molecule has 0 spiro atoms. The zero-order valence-electron chi connectivity index (χ0n) is 23.3. The summed E-state index contributed by atoms with van der Waals surface area (Å²) in [5, 5.41) is 11.3. The number of aromatic nitrogens is 6. The van der Waals surface area contributed by atoms with Crippen LogP contribution >= 0.6 is 36.3 Å². The summed E-state index contributed by atoms with van der Waals surface area (Å²) in [7, 11) is 0. The lowest BCUT2D eigenvalue weighted by atomic mass is 10.1. The van der Waals surface area contributed by atoms with Gasteiger partial charge in [-0.25, -0.2) is 18.7 Å². The molecule has 1 aliphatic rings. The van der Waals surface area contributed by atoms with Crippen molar-refractivity contribution >= 4 is 58.7 Å². The van der Waals surface area contributed by atoms with E-state index in [4.69, 9.17) is 4.98 Å². The number of hydrogen-bond donors (Lipinski definition) is 2. The number of amides is 1. The summed E-state index contributed by atoms with van der Waals surface area (Å²) in [6.45, 7) is 5.56. The number of rotatable bonds is 9. The molecule has 5 aromatic rings. The maximum atomic E-state index is 13.9. The first kappa shape index (κ1) is 32.3. The van der Waals surface area contributed by atoms with Crippen molar-refractivity contribution in [3.63, 3.8) is 0 Å². The number of anilines is 2. The van der Waals surface area contributed by atoms with E-state index in [2.05, 4.69) is 36.1 Å². The van der Waals surface area contributed by atoms with Gasteiger partial charge in [-0.1, -0.05) is 12.5 Å². The first-order valence-electron chi connectivity index (χ1n) is 13.5. The second kappa shape index (κ2) is 14.2. The van der Waals surface area contributed by atoms with Gasteiger partial charge in [0.1, 0.15) is 5.00 Å². The summed E-state index contributed by atoms with van der Waals surface area (Å²) in [4.78, 5) is 24.0. The number of nitrogens with one attached hydrogen (secondary N) is 2. The molecule has 0 unspecified atom stereocenters. The minimum absolute atomic E-state index is 0. The number of nitrogens with zero attached hydrogens (tertiary/aromatic N) is 7. The minimum atomic E-state index is -1.16. The zero-order valence-corrected chi connectivity index (χ0v) is 25.7. The fourth-order valence-electron chi connectivity index (χ4n) is 4.99. The number of fused-ring (bicyclic) bond motifs is 1. The number of imidazole rings is 1. The number of aryl methyl sites for hydroxylation is 1. The molecule has 1 amide bonds. The molecule has 228 valence electrons. The van der Waals surface area contributed by atoms with Gasteiger partial charge in [-0.05, 0) is 62.6 Å². The van der Waals surface area contributed by atoms with Gasteiger partial charge in [0.15, 0.2) is 23.1 Å². The summed E-state index contributed by atoms with van der Waals surface area (Å²) in [6.07, 6.45) is 11.1. The Morgan fingerprint density at radius 2 is 1.91 bits per heavy atom. The number of benzene rings is 1. The molecular weight excluding hydrogens is 619 g/mol. The molecule has 1 saturated heterocycles. The maximum Gasteiger partial charge on any atom is 0.254 e. The van der Waals surface area contributed by atoms with Crippen LogP contribution in [-0.4, -0.2) is 59.0 Å². The molecular formula is C28H31Cl2F2N9OS.